The molecule has 1 N–H and O–H groups in total. The number of para-hydroxylation sites is 1. The van der Waals surface area contributed by atoms with E-state index in [1.54, 1.807) is 75.4 Å². The number of nitrogens with one attached hydrogen (secondary N) is 1. The molecule has 3 aromatic rings. The Balaban J connectivity index is 1.78. The minimum Gasteiger partial charge on any atom is -0.444 e. The molecule has 0 radical (unpaired) electrons. The molecule has 1 aliphatic heterocycles. The number of carbonyl (C=O) groups excluding carboxylic acids is 2. The fraction of sp³-hybridized carbons (Fsp3) is 0.259. The van der Waals surface area contributed by atoms with E-state index in [9.17, 15) is 9.59 Å². The van der Waals surface area contributed by atoms with Crippen molar-refractivity contribution in [2.45, 2.75) is 44.6 Å². The molecule has 1 heterocycles. The van der Waals surface area contributed by atoms with Crippen LogP contribution < -0.4 is 10.2 Å². The first-order valence-corrected chi connectivity index (χ1v) is 10.9. The number of hydrogen-bond acceptors (Lipinski definition) is 3. The second-order valence-corrected chi connectivity index (χ2v) is 9.10. The third-order valence-corrected chi connectivity index (χ3v) is 5.52. The smallest absolute Gasteiger partial charge is 0.408 e. The summed E-state index contributed by atoms with van der Waals surface area (Å²) in [5.41, 5.74) is -1.23. The number of anilines is 1. The number of halogens is 1. The minimum absolute atomic E-state index is 0.218. The highest BCUT2D eigenvalue weighted by molar-refractivity contribution is 6.07. The van der Waals surface area contributed by atoms with E-state index in [4.69, 9.17) is 4.74 Å². The van der Waals surface area contributed by atoms with Gasteiger partial charge in [0.25, 0.3) is 5.91 Å². The molecule has 1 aliphatic rings. The summed E-state index contributed by atoms with van der Waals surface area (Å²) in [7, 11) is 0. The average molecular weight is 447 g/mol. The highest BCUT2D eigenvalue weighted by Crippen LogP contribution is 2.50. The molecule has 2 atom stereocenters. The monoisotopic (exact) mass is 446 g/mol. The first kappa shape index (κ1) is 22.5. The summed E-state index contributed by atoms with van der Waals surface area (Å²) in [5, 5.41) is 2.64. The van der Waals surface area contributed by atoms with Crippen molar-refractivity contribution in [1.82, 2.24) is 5.32 Å². The molecule has 2 amide bonds. The van der Waals surface area contributed by atoms with E-state index in [1.807, 2.05) is 30.3 Å². The van der Waals surface area contributed by atoms with Crippen molar-refractivity contribution in [2.75, 3.05) is 4.90 Å². The molecule has 0 fully saturated rings. The van der Waals surface area contributed by atoms with Crippen molar-refractivity contribution >= 4 is 17.7 Å². The number of alkyl halides is 1. The predicted octanol–water partition coefficient (Wildman–Crippen LogP) is 5.66. The zero-order valence-corrected chi connectivity index (χ0v) is 18.9. The highest BCUT2D eigenvalue weighted by atomic mass is 19.1. The van der Waals surface area contributed by atoms with Crippen LogP contribution in [0.4, 0.5) is 14.9 Å². The minimum atomic E-state index is -2.51. The van der Waals surface area contributed by atoms with E-state index < -0.39 is 29.3 Å². The molecule has 170 valence electrons. The highest BCUT2D eigenvalue weighted by Gasteiger charge is 2.58. The largest absolute Gasteiger partial charge is 0.444 e. The average Bonchev–Trinajstić information content (AvgIpc) is 3.00. The van der Waals surface area contributed by atoms with Gasteiger partial charge in [0.05, 0.1) is 12.2 Å². The van der Waals surface area contributed by atoms with Crippen molar-refractivity contribution in [3.8, 4) is 0 Å². The van der Waals surface area contributed by atoms with Gasteiger partial charge in [-0.1, -0.05) is 78.9 Å². The summed E-state index contributed by atoms with van der Waals surface area (Å²) in [4.78, 5) is 27.9. The topological polar surface area (TPSA) is 58.6 Å². The first-order valence-electron chi connectivity index (χ1n) is 10.9. The molecular formula is C27H27FN2O3. The van der Waals surface area contributed by atoms with Crippen LogP contribution in [0.2, 0.25) is 0 Å². The van der Waals surface area contributed by atoms with Crippen LogP contribution >= 0.6 is 0 Å². The summed E-state index contributed by atoms with van der Waals surface area (Å²) in [6.07, 6.45) is -0.792. The number of benzene rings is 3. The number of carbonyl (C=O) groups is 2. The molecular weight excluding hydrogens is 419 g/mol. The van der Waals surface area contributed by atoms with E-state index in [0.717, 1.165) is 5.56 Å². The maximum Gasteiger partial charge on any atom is 0.408 e. The van der Waals surface area contributed by atoms with Gasteiger partial charge in [-0.15, -0.1) is 0 Å². The van der Waals surface area contributed by atoms with Gasteiger partial charge < -0.3 is 15.0 Å². The Morgan fingerprint density at radius 1 is 0.970 bits per heavy atom. The molecule has 0 saturated heterocycles. The maximum atomic E-state index is 17.1. The molecule has 0 bridgehead atoms. The zero-order valence-electron chi connectivity index (χ0n) is 18.9. The van der Waals surface area contributed by atoms with Crippen molar-refractivity contribution in [2.24, 2.45) is 0 Å². The molecule has 33 heavy (non-hydrogen) atoms. The Labute approximate surface area is 193 Å². The molecule has 0 aromatic heterocycles. The van der Waals surface area contributed by atoms with Gasteiger partial charge in [0.1, 0.15) is 11.6 Å². The van der Waals surface area contributed by atoms with E-state index in [-0.39, 0.29) is 12.1 Å². The Hall–Kier alpha value is -3.67. The van der Waals surface area contributed by atoms with Crippen LogP contribution in [0, 0.1) is 0 Å². The van der Waals surface area contributed by atoms with Gasteiger partial charge in [-0.2, -0.15) is 0 Å². The van der Waals surface area contributed by atoms with E-state index >= 15 is 4.39 Å². The zero-order chi connectivity index (χ0) is 23.6. The van der Waals surface area contributed by atoms with Crippen LogP contribution in [-0.4, -0.2) is 17.6 Å². The van der Waals surface area contributed by atoms with E-state index in [1.165, 1.54) is 4.90 Å². The predicted molar refractivity (Wildman–Crippen MR) is 125 cm³/mol. The number of amides is 2. The van der Waals surface area contributed by atoms with Crippen molar-refractivity contribution in [3.05, 3.63) is 102 Å². The number of alkyl carbamates (subject to hydrolysis) is 1. The number of nitrogens with zero attached hydrogens (tertiary/aromatic N) is 1. The fourth-order valence-electron chi connectivity index (χ4n) is 4.12. The van der Waals surface area contributed by atoms with Gasteiger partial charge in [0, 0.05) is 5.56 Å². The molecule has 6 heteroatoms. The van der Waals surface area contributed by atoms with Crippen LogP contribution in [0.25, 0.3) is 0 Å². The van der Waals surface area contributed by atoms with Crippen LogP contribution in [0.3, 0.4) is 0 Å². The summed E-state index contributed by atoms with van der Waals surface area (Å²) < 4.78 is 22.5. The summed E-state index contributed by atoms with van der Waals surface area (Å²) in [5.74, 6) is -0.725. The first-order chi connectivity index (χ1) is 15.7. The molecule has 4 rings (SSSR count). The summed E-state index contributed by atoms with van der Waals surface area (Å²) in [6.45, 7) is 5.41. The lowest BCUT2D eigenvalue weighted by Gasteiger charge is -2.32. The number of rotatable bonds is 5. The quantitative estimate of drug-likeness (QED) is 0.550. The second kappa shape index (κ2) is 8.70. The third-order valence-electron chi connectivity index (χ3n) is 5.52. The van der Waals surface area contributed by atoms with Gasteiger partial charge in [0.2, 0.25) is 5.67 Å². The van der Waals surface area contributed by atoms with Crippen LogP contribution in [0.5, 0.6) is 0 Å². The van der Waals surface area contributed by atoms with Gasteiger partial charge in [-0.3, -0.25) is 4.79 Å². The molecule has 0 spiro atoms. The molecule has 5 nitrogen and oxygen atoms in total. The molecule has 0 saturated carbocycles. The Morgan fingerprint density at radius 2 is 1.55 bits per heavy atom. The van der Waals surface area contributed by atoms with Crippen LogP contribution in [0.1, 0.15) is 43.5 Å². The number of fused-ring (bicyclic) bond motifs is 1. The maximum absolute atomic E-state index is 17.1. The van der Waals surface area contributed by atoms with Gasteiger partial charge in [-0.25, -0.2) is 9.18 Å². The van der Waals surface area contributed by atoms with E-state index in [0.29, 0.717) is 11.3 Å². The third kappa shape index (κ3) is 4.46. The Kier molecular flexibility index (Phi) is 5.93. The number of hydrogen-bond donors (Lipinski definition) is 1. The van der Waals surface area contributed by atoms with Crippen molar-refractivity contribution in [1.29, 1.82) is 0 Å². The van der Waals surface area contributed by atoms with Crippen molar-refractivity contribution < 1.29 is 18.7 Å². The molecule has 0 unspecified atom stereocenters. The standard InChI is InChI=1S/C27H27FN2O3/c1-26(2,3)33-25(32)29-23(20-14-8-5-9-15-20)27(28)21-16-10-11-17-22(21)30(24(27)31)18-19-12-6-4-7-13-19/h4-17,23H,18H2,1-3H3,(H,29,32)/t23-,27-/m1/s1. The van der Waals surface area contributed by atoms with Gasteiger partial charge in [0.15, 0.2) is 0 Å². The SMILES string of the molecule is CC(C)(C)OC(=O)N[C@H](c1ccccc1)[C@@]1(F)C(=O)N(Cc2ccccc2)c2ccccc21. The summed E-state index contributed by atoms with van der Waals surface area (Å²) in [6, 6.07) is 23.6. The normalized spacial score (nSPS) is 18.5. The molecule has 3 aromatic carbocycles. The number of ether oxygens (including phenoxy) is 1. The molecule has 0 aliphatic carbocycles. The van der Waals surface area contributed by atoms with E-state index in [2.05, 4.69) is 5.32 Å². The Bertz CT molecular complexity index is 1140. The fourth-order valence-corrected chi connectivity index (χ4v) is 4.12. The lowest BCUT2D eigenvalue weighted by Crippen LogP contribution is -2.48. The second-order valence-electron chi connectivity index (χ2n) is 9.10. The lowest BCUT2D eigenvalue weighted by molar-refractivity contribution is -0.131. The summed E-state index contributed by atoms with van der Waals surface area (Å²) >= 11 is 0. The van der Waals surface area contributed by atoms with Gasteiger partial charge >= 0.3 is 6.09 Å². The van der Waals surface area contributed by atoms with Crippen LogP contribution in [-0.2, 0) is 21.7 Å². The van der Waals surface area contributed by atoms with Gasteiger partial charge in [-0.05, 0) is 38.0 Å². The lowest BCUT2D eigenvalue weighted by atomic mass is 9.85. The van der Waals surface area contributed by atoms with Crippen LogP contribution in [0.15, 0.2) is 84.9 Å². The Morgan fingerprint density at radius 3 is 2.18 bits per heavy atom. The van der Waals surface area contributed by atoms with Crippen molar-refractivity contribution in [3.63, 3.8) is 0 Å².